The lowest BCUT2D eigenvalue weighted by Crippen LogP contribution is -2.45. The van der Waals surface area contributed by atoms with E-state index in [4.69, 9.17) is 9.05 Å². The van der Waals surface area contributed by atoms with E-state index in [1.165, 1.54) is 89.9 Å². The van der Waals surface area contributed by atoms with Crippen LogP contribution in [0, 0.1) is 0 Å². The third-order valence-electron chi connectivity index (χ3n) is 11.0. The number of rotatable bonds is 46. The molecule has 0 saturated heterocycles. The van der Waals surface area contributed by atoms with E-state index >= 15 is 0 Å². The van der Waals surface area contributed by atoms with Crippen molar-refractivity contribution in [2.24, 2.45) is 0 Å². The Morgan fingerprint density at radius 3 is 1.39 bits per heavy atom. The van der Waals surface area contributed by atoms with Crippen LogP contribution in [0.5, 0.6) is 0 Å². The van der Waals surface area contributed by atoms with Crippen molar-refractivity contribution >= 4 is 13.7 Å². The zero-order chi connectivity index (χ0) is 48.5. The largest absolute Gasteiger partial charge is 0.472 e. The summed E-state index contributed by atoms with van der Waals surface area (Å²) in [5.74, 6) is -0.237. The molecule has 0 bridgehead atoms. The van der Waals surface area contributed by atoms with Crippen LogP contribution < -0.4 is 5.32 Å². The zero-order valence-corrected chi connectivity index (χ0v) is 43.8. The summed E-state index contributed by atoms with van der Waals surface area (Å²) in [6.45, 7) is 4.62. The van der Waals surface area contributed by atoms with Crippen LogP contribution in [0.15, 0.2) is 109 Å². The number of phosphoric ester groups is 1. The van der Waals surface area contributed by atoms with Gasteiger partial charge >= 0.3 is 7.82 Å². The molecule has 0 heterocycles. The second-order valence-electron chi connectivity index (χ2n) is 18.5. The number of phosphoric acid groups is 1. The molecule has 0 aromatic carbocycles. The third kappa shape index (κ3) is 49.1. The number of carbonyl (C=O) groups is 1. The first kappa shape index (κ1) is 63.2. The van der Waals surface area contributed by atoms with Crippen LogP contribution in [0.4, 0.5) is 0 Å². The Balaban J connectivity index is 4.49. The summed E-state index contributed by atoms with van der Waals surface area (Å²) in [5, 5.41) is 13.8. The lowest BCUT2D eigenvalue weighted by atomic mass is 10.0. The Hall–Kier alpha value is -2.84. The minimum absolute atomic E-state index is 0.0385. The van der Waals surface area contributed by atoms with E-state index in [0.717, 1.165) is 77.0 Å². The Morgan fingerprint density at radius 1 is 0.530 bits per heavy atom. The summed E-state index contributed by atoms with van der Waals surface area (Å²) in [6, 6.07) is -0.901. The van der Waals surface area contributed by atoms with Gasteiger partial charge in [0.1, 0.15) is 13.2 Å². The number of hydrogen-bond acceptors (Lipinski definition) is 5. The first-order chi connectivity index (χ1) is 32.0. The quantitative estimate of drug-likeness (QED) is 0.0243. The summed E-state index contributed by atoms with van der Waals surface area (Å²) in [4.78, 5) is 23.2. The van der Waals surface area contributed by atoms with Gasteiger partial charge in [0, 0.05) is 6.42 Å². The molecular formula is C57H100N2O6P+. The number of carbonyl (C=O) groups excluding carboxylic acids is 1. The average Bonchev–Trinajstić information content (AvgIpc) is 3.28. The van der Waals surface area contributed by atoms with E-state index < -0.39 is 20.0 Å². The number of amides is 1. The van der Waals surface area contributed by atoms with Crippen molar-refractivity contribution < 1.29 is 32.9 Å². The van der Waals surface area contributed by atoms with Gasteiger partial charge in [-0.1, -0.05) is 200 Å². The number of aliphatic hydroxyl groups is 1. The lowest BCUT2D eigenvalue weighted by Gasteiger charge is -2.25. The predicted molar refractivity (Wildman–Crippen MR) is 285 cm³/mol. The van der Waals surface area contributed by atoms with Crippen molar-refractivity contribution in [1.82, 2.24) is 5.32 Å². The highest BCUT2D eigenvalue weighted by atomic mass is 31.2. The normalized spacial score (nSPS) is 15.0. The summed E-state index contributed by atoms with van der Waals surface area (Å²) < 4.78 is 23.6. The Labute approximate surface area is 406 Å². The highest BCUT2D eigenvalue weighted by Crippen LogP contribution is 2.43. The molecule has 0 rings (SSSR count). The van der Waals surface area contributed by atoms with E-state index in [1.807, 2.05) is 27.2 Å². The molecule has 0 aliphatic rings. The van der Waals surface area contributed by atoms with E-state index in [-0.39, 0.29) is 25.5 Å². The zero-order valence-electron chi connectivity index (χ0n) is 42.9. The number of aliphatic hydroxyl groups excluding tert-OH is 1. The van der Waals surface area contributed by atoms with Gasteiger partial charge in [0.25, 0.3) is 0 Å². The summed E-state index contributed by atoms with van der Waals surface area (Å²) in [6.07, 6.45) is 69.0. The minimum Gasteiger partial charge on any atom is -0.387 e. The van der Waals surface area contributed by atoms with Gasteiger partial charge in [-0.25, -0.2) is 4.57 Å². The molecule has 9 heteroatoms. The van der Waals surface area contributed by atoms with E-state index in [0.29, 0.717) is 17.4 Å². The van der Waals surface area contributed by atoms with E-state index in [2.05, 4.69) is 116 Å². The molecule has 3 atom stereocenters. The highest BCUT2D eigenvalue weighted by Gasteiger charge is 2.27. The van der Waals surface area contributed by atoms with Gasteiger partial charge in [0.15, 0.2) is 0 Å². The van der Waals surface area contributed by atoms with Gasteiger partial charge in [0.05, 0.1) is 39.9 Å². The molecule has 378 valence electrons. The van der Waals surface area contributed by atoms with Crippen LogP contribution in [0.1, 0.15) is 194 Å². The van der Waals surface area contributed by atoms with Crippen LogP contribution in [-0.2, 0) is 18.4 Å². The van der Waals surface area contributed by atoms with Gasteiger partial charge < -0.3 is 19.8 Å². The molecule has 0 aromatic rings. The molecule has 0 fully saturated rings. The molecule has 8 nitrogen and oxygen atoms in total. The molecule has 0 aliphatic carbocycles. The van der Waals surface area contributed by atoms with Gasteiger partial charge in [-0.05, 0) is 96.3 Å². The summed E-state index contributed by atoms with van der Waals surface area (Å²) >= 11 is 0. The Bertz CT molecular complexity index is 1440. The van der Waals surface area contributed by atoms with Crippen molar-refractivity contribution in [1.29, 1.82) is 0 Å². The highest BCUT2D eigenvalue weighted by molar-refractivity contribution is 7.47. The second-order valence-corrected chi connectivity index (χ2v) is 19.9. The Kier molecular flexibility index (Phi) is 45.2. The number of nitrogens with one attached hydrogen (secondary N) is 1. The molecule has 3 unspecified atom stereocenters. The Morgan fingerprint density at radius 2 is 0.924 bits per heavy atom. The maximum atomic E-state index is 12.9. The van der Waals surface area contributed by atoms with E-state index in [9.17, 15) is 19.4 Å². The molecular weight excluding hydrogens is 840 g/mol. The molecule has 0 aromatic heterocycles. The molecule has 66 heavy (non-hydrogen) atoms. The first-order valence-corrected chi connectivity index (χ1v) is 27.8. The van der Waals surface area contributed by atoms with Crippen LogP contribution in [0.3, 0.4) is 0 Å². The maximum absolute atomic E-state index is 12.9. The van der Waals surface area contributed by atoms with Crippen LogP contribution >= 0.6 is 7.82 Å². The SMILES string of the molecule is CC/C=C\C/C=C\C/C=C\C/C=C\C/C=C\C/C=C\CCCCC(=O)NC(COP(=O)(O)OCC[N+](C)(C)C)C(O)/C=C/CC/C=C/CC/C=C/CCCCCCCCCCCCCCC. The van der Waals surface area contributed by atoms with Crippen molar-refractivity contribution in [2.75, 3.05) is 40.9 Å². The summed E-state index contributed by atoms with van der Waals surface area (Å²) in [5.41, 5.74) is 0. The fourth-order valence-electron chi connectivity index (χ4n) is 6.84. The van der Waals surface area contributed by atoms with Crippen LogP contribution in [0.2, 0.25) is 0 Å². The number of hydrogen-bond donors (Lipinski definition) is 3. The maximum Gasteiger partial charge on any atom is 0.472 e. The molecule has 3 N–H and O–H groups in total. The molecule has 0 radical (unpaired) electrons. The smallest absolute Gasteiger partial charge is 0.387 e. The fraction of sp³-hybridized carbons (Fsp3) is 0.667. The molecule has 0 spiro atoms. The van der Waals surface area contributed by atoms with Crippen molar-refractivity contribution in [3.05, 3.63) is 109 Å². The summed E-state index contributed by atoms with van der Waals surface area (Å²) in [7, 11) is 1.50. The third-order valence-corrected chi connectivity index (χ3v) is 11.9. The minimum atomic E-state index is -4.38. The molecule has 1 amide bonds. The predicted octanol–water partition coefficient (Wildman–Crippen LogP) is 15.6. The van der Waals surface area contributed by atoms with Crippen molar-refractivity contribution in [3.8, 4) is 0 Å². The number of quaternary nitrogens is 1. The lowest BCUT2D eigenvalue weighted by molar-refractivity contribution is -0.870. The topological polar surface area (TPSA) is 105 Å². The second kappa shape index (κ2) is 47.2. The number of likely N-dealkylation sites (N-methyl/N-ethyl adjacent to an activating group) is 1. The average molecular weight is 940 g/mol. The van der Waals surface area contributed by atoms with Gasteiger partial charge in [-0.15, -0.1) is 0 Å². The van der Waals surface area contributed by atoms with Crippen molar-refractivity contribution in [2.45, 2.75) is 206 Å². The number of unbranched alkanes of at least 4 members (excludes halogenated alkanes) is 17. The monoisotopic (exact) mass is 940 g/mol. The van der Waals surface area contributed by atoms with Crippen LogP contribution in [-0.4, -0.2) is 73.4 Å². The standard InChI is InChI=1S/C57H99N2O6P/c1-6-8-10-12-14-16-18-20-22-24-26-28-29-31-32-34-36-38-40-42-44-46-48-50-56(60)55(54-65-66(62,63)64-53-52-59(3,4)5)58-57(61)51-49-47-45-43-41-39-37-35-33-30-27-25-23-21-19-17-15-13-11-9-7-2/h9,11,15,17,21,23,27,30,32,34-35,37,40-43,48,50,55-56,60H,6-8,10,12-14,16,18-20,22,24-26,28-29,31,33,36,38-39,44-47,49,51-54H2,1-5H3,(H-,58,61,62,63)/p+1/b11-9-,17-15-,23-21-,30-27-,34-32+,37-35-,42-40+,43-41-,50-48+. The molecule has 0 aliphatic heterocycles. The van der Waals surface area contributed by atoms with Gasteiger partial charge in [-0.2, -0.15) is 0 Å². The van der Waals surface area contributed by atoms with Gasteiger partial charge in [-0.3, -0.25) is 13.8 Å². The van der Waals surface area contributed by atoms with E-state index in [1.54, 1.807) is 6.08 Å². The molecule has 0 saturated carbocycles. The number of allylic oxidation sites excluding steroid dienone is 17. The first-order valence-electron chi connectivity index (χ1n) is 26.3. The van der Waals surface area contributed by atoms with Gasteiger partial charge in [0.2, 0.25) is 5.91 Å². The fourth-order valence-corrected chi connectivity index (χ4v) is 7.58. The van der Waals surface area contributed by atoms with Crippen molar-refractivity contribution in [3.63, 3.8) is 0 Å². The number of nitrogens with zero attached hydrogens (tertiary/aromatic N) is 1. The van der Waals surface area contributed by atoms with Crippen LogP contribution in [0.25, 0.3) is 0 Å².